The van der Waals surface area contributed by atoms with Gasteiger partial charge in [0.25, 0.3) is 5.91 Å². The van der Waals surface area contributed by atoms with Crippen LogP contribution in [-0.4, -0.2) is 23.7 Å². The van der Waals surface area contributed by atoms with Gasteiger partial charge < -0.3 is 10.4 Å². The van der Waals surface area contributed by atoms with E-state index in [0.717, 1.165) is 5.56 Å². The Morgan fingerprint density at radius 2 is 1.67 bits per heavy atom. The maximum absolute atomic E-state index is 12.3. The van der Waals surface area contributed by atoms with Gasteiger partial charge in [-0.3, -0.25) is 9.79 Å². The van der Waals surface area contributed by atoms with Gasteiger partial charge in [0.2, 0.25) is 0 Å². The van der Waals surface area contributed by atoms with Crippen LogP contribution in [0.25, 0.3) is 5.70 Å². The third-order valence-corrected chi connectivity index (χ3v) is 3.29. The van der Waals surface area contributed by atoms with Gasteiger partial charge in [-0.1, -0.05) is 36.9 Å². The first-order valence-corrected chi connectivity index (χ1v) is 7.10. The van der Waals surface area contributed by atoms with Crippen molar-refractivity contribution in [1.82, 2.24) is 0 Å². The van der Waals surface area contributed by atoms with E-state index in [1.54, 1.807) is 48.6 Å². The molecule has 0 heterocycles. The Bertz CT molecular complexity index is 821. The first kappa shape index (κ1) is 16.9. The van der Waals surface area contributed by atoms with E-state index in [0.29, 0.717) is 11.4 Å². The monoisotopic (exact) mass is 320 g/mol. The minimum atomic E-state index is -1.15. The van der Waals surface area contributed by atoms with Crippen molar-refractivity contribution in [3.8, 4) is 0 Å². The number of amides is 1. The van der Waals surface area contributed by atoms with Gasteiger partial charge in [0.05, 0.1) is 16.8 Å². The van der Waals surface area contributed by atoms with Crippen LogP contribution in [0.15, 0.2) is 72.3 Å². The average Bonchev–Trinajstić information content (AvgIpc) is 2.60. The highest BCUT2D eigenvalue weighted by Crippen LogP contribution is 2.19. The number of hydrogen-bond donors (Lipinski definition) is 2. The van der Waals surface area contributed by atoms with Gasteiger partial charge in [-0.05, 0) is 37.1 Å². The summed E-state index contributed by atoms with van der Waals surface area (Å²) < 4.78 is 0. The van der Waals surface area contributed by atoms with E-state index < -0.39 is 11.9 Å². The molecule has 0 aliphatic rings. The third-order valence-electron chi connectivity index (χ3n) is 3.29. The molecule has 0 fully saturated rings. The van der Waals surface area contributed by atoms with Crippen molar-refractivity contribution in [3.63, 3.8) is 0 Å². The molecular weight excluding hydrogens is 304 g/mol. The van der Waals surface area contributed by atoms with Crippen LogP contribution >= 0.6 is 0 Å². The summed E-state index contributed by atoms with van der Waals surface area (Å²) in [7, 11) is 0. The Kier molecular flexibility index (Phi) is 5.41. The van der Waals surface area contributed by atoms with Crippen LogP contribution in [0.5, 0.6) is 0 Å². The van der Waals surface area contributed by atoms with Crippen molar-refractivity contribution in [2.24, 2.45) is 4.99 Å². The number of carbonyl (C=O) groups excluding carboxylic acids is 1. The normalized spacial score (nSPS) is 10.8. The van der Waals surface area contributed by atoms with E-state index in [4.69, 9.17) is 5.11 Å². The topological polar surface area (TPSA) is 78.8 Å². The highest BCUT2D eigenvalue weighted by Gasteiger charge is 2.15. The summed E-state index contributed by atoms with van der Waals surface area (Å²) in [6, 6.07) is 13.0. The number of carboxylic acid groups (broad SMARTS) is 1. The van der Waals surface area contributed by atoms with Crippen LogP contribution in [-0.2, 0) is 0 Å². The average molecular weight is 320 g/mol. The largest absolute Gasteiger partial charge is 0.478 e. The lowest BCUT2D eigenvalue weighted by molar-refractivity contribution is 0.0692. The molecule has 0 aliphatic carbocycles. The van der Waals surface area contributed by atoms with Crippen LogP contribution in [0.1, 0.15) is 26.3 Å². The molecule has 0 spiro atoms. The third kappa shape index (κ3) is 3.84. The number of anilines is 1. The fourth-order valence-corrected chi connectivity index (χ4v) is 2.14. The molecule has 2 N–H and O–H groups in total. The summed E-state index contributed by atoms with van der Waals surface area (Å²) in [6.45, 7) is 7.12. The molecule has 0 aromatic heterocycles. The fraction of sp³-hybridized carbons (Fsp3) is 0. The van der Waals surface area contributed by atoms with Crippen LogP contribution in [0.2, 0.25) is 0 Å². The Balaban J connectivity index is 2.22. The quantitative estimate of drug-likeness (QED) is 0.626. The summed E-state index contributed by atoms with van der Waals surface area (Å²) in [5.74, 6) is -1.63. The van der Waals surface area contributed by atoms with Crippen LogP contribution < -0.4 is 5.32 Å². The Morgan fingerprint density at radius 1 is 1.04 bits per heavy atom. The van der Waals surface area contributed by atoms with Crippen molar-refractivity contribution < 1.29 is 14.7 Å². The zero-order valence-electron chi connectivity index (χ0n) is 12.9. The first-order chi connectivity index (χ1) is 11.6. The molecule has 0 atom stereocenters. The van der Waals surface area contributed by atoms with Gasteiger partial charge >= 0.3 is 5.97 Å². The maximum atomic E-state index is 12.3. The lowest BCUT2D eigenvalue weighted by Crippen LogP contribution is -2.16. The zero-order valence-corrected chi connectivity index (χ0v) is 12.9. The Labute approximate surface area is 139 Å². The van der Waals surface area contributed by atoms with Crippen LogP contribution in [0.3, 0.4) is 0 Å². The van der Waals surface area contributed by atoms with Crippen LogP contribution in [0.4, 0.5) is 5.69 Å². The molecule has 0 radical (unpaired) electrons. The van der Waals surface area contributed by atoms with Crippen molar-refractivity contribution in [3.05, 3.63) is 84.0 Å². The standard InChI is InChI=1S/C19H16N2O3/c1-3-6-17(20-2)13-9-11-14(12-10-13)21-18(22)15-7-4-5-8-16(15)19(23)24/h3-12H,1-2H2,(H,21,22)(H,23,24)/b17-6-. The minimum Gasteiger partial charge on any atom is -0.478 e. The fourth-order valence-electron chi connectivity index (χ4n) is 2.14. The smallest absolute Gasteiger partial charge is 0.336 e. The molecule has 0 unspecified atom stereocenters. The minimum absolute atomic E-state index is 0.0429. The SMILES string of the molecule is C=C/C=C(\N=C)c1ccc(NC(=O)c2ccccc2C(=O)O)cc1. The van der Waals surface area contributed by atoms with E-state index in [2.05, 4.69) is 23.6 Å². The van der Waals surface area contributed by atoms with Crippen LogP contribution in [0, 0.1) is 0 Å². The number of aromatic carboxylic acids is 1. The Morgan fingerprint density at radius 3 is 2.21 bits per heavy atom. The number of carbonyl (C=O) groups is 2. The second-order valence-corrected chi connectivity index (χ2v) is 4.83. The highest BCUT2D eigenvalue weighted by atomic mass is 16.4. The maximum Gasteiger partial charge on any atom is 0.336 e. The summed E-state index contributed by atoms with van der Waals surface area (Å²) in [5, 5.41) is 11.8. The highest BCUT2D eigenvalue weighted by molar-refractivity contribution is 6.10. The second-order valence-electron chi connectivity index (χ2n) is 4.83. The molecule has 0 saturated heterocycles. The summed E-state index contributed by atoms with van der Waals surface area (Å²) in [6.07, 6.45) is 3.34. The predicted molar refractivity (Wildman–Crippen MR) is 95.5 cm³/mol. The number of rotatable bonds is 6. The lowest BCUT2D eigenvalue weighted by Gasteiger charge is -2.08. The molecular formula is C19H16N2O3. The first-order valence-electron chi connectivity index (χ1n) is 7.10. The number of benzene rings is 2. The van der Waals surface area contributed by atoms with E-state index in [9.17, 15) is 9.59 Å². The number of aliphatic imine (C=N–C) groups is 1. The summed E-state index contributed by atoms with van der Waals surface area (Å²) in [4.78, 5) is 27.4. The molecule has 5 nitrogen and oxygen atoms in total. The number of nitrogens with one attached hydrogen (secondary N) is 1. The van der Waals surface area contributed by atoms with E-state index in [-0.39, 0.29) is 11.1 Å². The number of hydrogen-bond acceptors (Lipinski definition) is 3. The molecule has 0 aliphatic heterocycles. The van der Waals surface area contributed by atoms with Crippen molar-refractivity contribution in [2.75, 3.05) is 5.32 Å². The van der Waals surface area contributed by atoms with Crippen molar-refractivity contribution in [2.45, 2.75) is 0 Å². The number of allylic oxidation sites excluding steroid dienone is 2. The van der Waals surface area contributed by atoms with E-state index >= 15 is 0 Å². The van der Waals surface area contributed by atoms with Gasteiger partial charge in [0, 0.05) is 11.3 Å². The zero-order chi connectivity index (χ0) is 17.5. The van der Waals surface area contributed by atoms with Crippen molar-refractivity contribution in [1.29, 1.82) is 0 Å². The van der Waals surface area contributed by atoms with E-state index in [1.807, 2.05) is 0 Å². The Hall–Kier alpha value is -3.47. The van der Waals surface area contributed by atoms with E-state index in [1.165, 1.54) is 12.1 Å². The molecule has 0 saturated carbocycles. The molecule has 2 aromatic carbocycles. The van der Waals surface area contributed by atoms with Gasteiger partial charge in [0.15, 0.2) is 0 Å². The van der Waals surface area contributed by atoms with Gasteiger partial charge in [-0.2, -0.15) is 0 Å². The molecule has 24 heavy (non-hydrogen) atoms. The second kappa shape index (κ2) is 7.69. The summed E-state index contributed by atoms with van der Waals surface area (Å²) in [5.41, 5.74) is 2.10. The molecule has 2 rings (SSSR count). The number of nitrogens with zero attached hydrogens (tertiary/aromatic N) is 1. The van der Waals surface area contributed by atoms with Gasteiger partial charge in [-0.15, -0.1) is 0 Å². The lowest BCUT2D eigenvalue weighted by atomic mass is 10.1. The summed E-state index contributed by atoms with van der Waals surface area (Å²) >= 11 is 0. The molecule has 0 bridgehead atoms. The predicted octanol–water partition coefficient (Wildman–Crippen LogP) is 3.86. The molecule has 120 valence electrons. The molecule has 5 heteroatoms. The number of carboxylic acids is 1. The molecule has 1 amide bonds. The van der Waals surface area contributed by atoms with Gasteiger partial charge in [-0.25, -0.2) is 4.79 Å². The van der Waals surface area contributed by atoms with Crippen molar-refractivity contribution >= 4 is 30.0 Å². The van der Waals surface area contributed by atoms with Gasteiger partial charge in [0.1, 0.15) is 0 Å². The molecule has 2 aromatic rings.